The molecule has 0 aromatic heterocycles. The zero-order valence-electron chi connectivity index (χ0n) is 17.8. The normalized spacial score (nSPS) is 11.6. The predicted octanol–water partition coefficient (Wildman–Crippen LogP) is 3.96. The van der Waals surface area contributed by atoms with Crippen LogP contribution < -0.4 is 14.3 Å². The Morgan fingerprint density at radius 3 is 2.12 bits per heavy atom. The van der Waals surface area contributed by atoms with Crippen molar-refractivity contribution in [1.29, 1.82) is 0 Å². The van der Waals surface area contributed by atoms with Crippen molar-refractivity contribution in [3.05, 3.63) is 82.8 Å². The molecule has 0 saturated heterocycles. The zero-order valence-corrected chi connectivity index (χ0v) is 21.0. The van der Waals surface area contributed by atoms with E-state index in [0.717, 1.165) is 20.6 Å². The van der Waals surface area contributed by atoms with Crippen LogP contribution in [0.5, 0.6) is 0 Å². The Bertz CT molecular complexity index is 1360. The molecule has 8 nitrogen and oxygen atoms in total. The van der Waals surface area contributed by atoms with E-state index in [4.69, 9.17) is 0 Å². The molecule has 33 heavy (non-hydrogen) atoms. The van der Waals surface area contributed by atoms with E-state index in [9.17, 15) is 21.6 Å². The molecule has 0 radical (unpaired) electrons. The largest absolute Gasteiger partial charge is 0.325 e. The van der Waals surface area contributed by atoms with E-state index in [1.165, 1.54) is 24.3 Å². The Morgan fingerprint density at radius 2 is 1.55 bits per heavy atom. The van der Waals surface area contributed by atoms with Crippen LogP contribution in [-0.2, 0) is 24.8 Å². The molecule has 3 aromatic rings. The smallest absolute Gasteiger partial charge is 0.261 e. The summed E-state index contributed by atoms with van der Waals surface area (Å²) in [6, 6.07) is 19.0. The number of anilines is 3. The van der Waals surface area contributed by atoms with E-state index in [2.05, 4.69) is 26.0 Å². The molecular formula is C22H22BrN3O5S2. The molecular weight excluding hydrogens is 530 g/mol. The third-order valence-electron chi connectivity index (χ3n) is 4.59. The van der Waals surface area contributed by atoms with Crippen LogP contribution in [-0.4, -0.2) is 35.5 Å². The van der Waals surface area contributed by atoms with E-state index in [1.807, 2.05) is 6.92 Å². The molecule has 0 aliphatic rings. The molecule has 0 fully saturated rings. The van der Waals surface area contributed by atoms with Gasteiger partial charge in [0.25, 0.3) is 10.0 Å². The molecule has 0 bridgehead atoms. The first-order chi connectivity index (χ1) is 15.5. The predicted molar refractivity (Wildman–Crippen MR) is 133 cm³/mol. The number of halogens is 1. The highest BCUT2D eigenvalue weighted by Gasteiger charge is 2.22. The van der Waals surface area contributed by atoms with Gasteiger partial charge in [0.1, 0.15) is 6.54 Å². The highest BCUT2D eigenvalue weighted by Crippen LogP contribution is 2.25. The molecule has 1 amide bonds. The maximum Gasteiger partial charge on any atom is 0.261 e. The summed E-state index contributed by atoms with van der Waals surface area (Å²) in [7, 11) is -7.52. The van der Waals surface area contributed by atoms with E-state index in [1.54, 1.807) is 48.5 Å². The highest BCUT2D eigenvalue weighted by atomic mass is 79.9. The monoisotopic (exact) mass is 551 g/mol. The third-order valence-corrected chi connectivity index (χ3v) is 8.02. The topological polar surface area (TPSA) is 113 Å². The van der Waals surface area contributed by atoms with Gasteiger partial charge in [0, 0.05) is 15.8 Å². The van der Waals surface area contributed by atoms with E-state index < -0.39 is 32.5 Å². The van der Waals surface area contributed by atoms with Crippen molar-refractivity contribution >= 4 is 58.9 Å². The van der Waals surface area contributed by atoms with Crippen LogP contribution in [0, 0.1) is 6.92 Å². The molecule has 0 atom stereocenters. The van der Waals surface area contributed by atoms with Crippen LogP contribution >= 0.6 is 15.9 Å². The third kappa shape index (κ3) is 6.56. The Balaban J connectivity index is 1.72. The Morgan fingerprint density at radius 1 is 0.909 bits per heavy atom. The number of carbonyl (C=O) groups excluding carboxylic acids is 1. The fraction of sp³-hybridized carbons (Fsp3) is 0.136. The number of para-hydroxylation sites is 1. The molecule has 3 aromatic carbocycles. The van der Waals surface area contributed by atoms with E-state index in [-0.39, 0.29) is 4.90 Å². The van der Waals surface area contributed by atoms with Gasteiger partial charge in [0.05, 0.1) is 16.8 Å². The lowest BCUT2D eigenvalue weighted by Gasteiger charge is -2.22. The molecule has 11 heteroatoms. The van der Waals surface area contributed by atoms with Crippen LogP contribution in [0.15, 0.2) is 82.2 Å². The molecule has 0 aliphatic heterocycles. The van der Waals surface area contributed by atoms with Gasteiger partial charge in [0.2, 0.25) is 15.9 Å². The van der Waals surface area contributed by atoms with Gasteiger partial charge in [-0.3, -0.25) is 13.8 Å². The maximum atomic E-state index is 12.6. The summed E-state index contributed by atoms with van der Waals surface area (Å²) in [6.07, 6.45) is 1.02. The Hall–Kier alpha value is -2.89. The molecule has 2 N–H and O–H groups in total. The minimum atomic E-state index is -3.79. The quantitative estimate of drug-likeness (QED) is 0.440. The molecule has 0 aliphatic carbocycles. The second kappa shape index (κ2) is 9.94. The summed E-state index contributed by atoms with van der Waals surface area (Å²) in [6.45, 7) is 1.38. The Labute approximate surface area is 201 Å². The first-order valence-electron chi connectivity index (χ1n) is 9.67. The van der Waals surface area contributed by atoms with Gasteiger partial charge in [-0.25, -0.2) is 16.8 Å². The zero-order chi connectivity index (χ0) is 24.2. The summed E-state index contributed by atoms with van der Waals surface area (Å²) < 4.78 is 53.9. The van der Waals surface area contributed by atoms with Crippen LogP contribution in [0.25, 0.3) is 0 Å². The number of rotatable bonds is 8. The van der Waals surface area contributed by atoms with Gasteiger partial charge in [-0.2, -0.15) is 0 Å². The Kier molecular flexibility index (Phi) is 7.45. The molecule has 0 spiro atoms. The molecule has 0 heterocycles. The molecule has 174 valence electrons. The van der Waals surface area contributed by atoms with Gasteiger partial charge in [-0.15, -0.1) is 0 Å². The minimum Gasteiger partial charge on any atom is -0.325 e. The van der Waals surface area contributed by atoms with Gasteiger partial charge in [-0.1, -0.05) is 34.1 Å². The second-order valence-corrected chi connectivity index (χ2v) is 11.7. The van der Waals surface area contributed by atoms with Crippen molar-refractivity contribution in [3.63, 3.8) is 0 Å². The average molecular weight is 552 g/mol. The van der Waals surface area contributed by atoms with Gasteiger partial charge < -0.3 is 5.32 Å². The molecule has 3 rings (SSSR count). The number of carbonyl (C=O) groups is 1. The minimum absolute atomic E-state index is 0.0208. The van der Waals surface area contributed by atoms with Crippen molar-refractivity contribution in [1.82, 2.24) is 0 Å². The summed E-state index contributed by atoms with van der Waals surface area (Å²) in [5.74, 6) is -0.570. The van der Waals surface area contributed by atoms with Crippen LogP contribution in [0.4, 0.5) is 17.1 Å². The average Bonchev–Trinajstić information content (AvgIpc) is 2.74. The summed E-state index contributed by atoms with van der Waals surface area (Å²) >= 11 is 3.37. The van der Waals surface area contributed by atoms with Gasteiger partial charge in [0.15, 0.2) is 0 Å². The molecule has 0 saturated carbocycles. The molecule has 0 unspecified atom stereocenters. The number of amides is 1. The van der Waals surface area contributed by atoms with E-state index in [0.29, 0.717) is 17.1 Å². The van der Waals surface area contributed by atoms with Crippen molar-refractivity contribution < 1.29 is 21.6 Å². The summed E-state index contributed by atoms with van der Waals surface area (Å²) in [5.41, 5.74) is 1.95. The number of hydrogen-bond acceptors (Lipinski definition) is 5. The lowest BCUT2D eigenvalue weighted by molar-refractivity contribution is -0.114. The highest BCUT2D eigenvalue weighted by molar-refractivity contribution is 9.10. The van der Waals surface area contributed by atoms with Crippen LogP contribution in [0.2, 0.25) is 0 Å². The number of nitrogens with one attached hydrogen (secondary N) is 2. The van der Waals surface area contributed by atoms with Gasteiger partial charge >= 0.3 is 0 Å². The van der Waals surface area contributed by atoms with Crippen LogP contribution in [0.1, 0.15) is 5.56 Å². The lowest BCUT2D eigenvalue weighted by atomic mass is 10.2. The first-order valence-corrected chi connectivity index (χ1v) is 13.8. The van der Waals surface area contributed by atoms with Crippen LogP contribution in [0.3, 0.4) is 0 Å². The van der Waals surface area contributed by atoms with Crippen molar-refractivity contribution in [2.75, 3.05) is 27.1 Å². The maximum absolute atomic E-state index is 12.6. The van der Waals surface area contributed by atoms with E-state index >= 15 is 0 Å². The fourth-order valence-electron chi connectivity index (χ4n) is 2.95. The number of aryl methyl sites for hydroxylation is 1. The first kappa shape index (κ1) is 24.7. The summed E-state index contributed by atoms with van der Waals surface area (Å²) in [5, 5.41) is 2.60. The number of hydrogen-bond donors (Lipinski definition) is 2. The standard InChI is InChI=1S/C22H22BrN3O5S2/c1-16-14-19(10-13-21(16)23)26(32(2,28)29)15-22(27)24-17-8-11-20(12-9-17)33(30,31)25-18-6-4-3-5-7-18/h3-14,25H,15H2,1-2H3,(H,24,27). The second-order valence-electron chi connectivity index (χ2n) is 7.25. The SMILES string of the molecule is Cc1cc(N(CC(=O)Nc2ccc(S(=O)(=O)Nc3ccccc3)cc2)S(C)(=O)=O)ccc1Br. The number of benzene rings is 3. The lowest BCUT2D eigenvalue weighted by Crippen LogP contribution is -2.37. The van der Waals surface area contributed by atoms with Crippen molar-refractivity contribution in [2.24, 2.45) is 0 Å². The summed E-state index contributed by atoms with van der Waals surface area (Å²) in [4.78, 5) is 12.6. The van der Waals surface area contributed by atoms with Crippen molar-refractivity contribution in [2.45, 2.75) is 11.8 Å². The van der Waals surface area contributed by atoms with Gasteiger partial charge in [-0.05, 0) is 67.1 Å². The number of nitrogens with zero attached hydrogens (tertiary/aromatic N) is 1. The number of sulfonamides is 2. The fourth-order valence-corrected chi connectivity index (χ4v) is 5.11. The van der Waals surface area contributed by atoms with Crippen molar-refractivity contribution in [3.8, 4) is 0 Å².